The Hall–Kier alpha value is -2.10. The Morgan fingerprint density at radius 2 is 1.71 bits per heavy atom. The van der Waals surface area contributed by atoms with Crippen molar-refractivity contribution in [2.75, 3.05) is 0 Å². The van der Waals surface area contributed by atoms with Crippen LogP contribution in [0.1, 0.15) is 5.56 Å². The fourth-order valence-electron chi connectivity index (χ4n) is 0.732. The zero-order valence-corrected chi connectivity index (χ0v) is 7.33. The van der Waals surface area contributed by atoms with Gasteiger partial charge in [0.15, 0.2) is 0 Å². The van der Waals surface area contributed by atoms with Crippen LogP contribution >= 0.6 is 0 Å². The number of carboxylic acid groups (broad SMARTS) is 2. The third-order valence-corrected chi connectivity index (χ3v) is 1.22. The summed E-state index contributed by atoms with van der Waals surface area (Å²) in [6.07, 6.45) is 2.68. The molecule has 1 aromatic carbocycles. The highest BCUT2D eigenvalue weighted by Crippen LogP contribution is 1.99. The molecule has 1 rings (SSSR count). The molecular weight excluding hydrogens is 184 g/mol. The number of hydrogen-bond donors (Lipinski definition) is 2. The van der Waals surface area contributed by atoms with Gasteiger partial charge in [0.1, 0.15) is 0 Å². The molecule has 0 amide bonds. The van der Waals surface area contributed by atoms with Crippen molar-refractivity contribution >= 4 is 18.5 Å². The van der Waals surface area contributed by atoms with E-state index in [2.05, 4.69) is 0 Å². The summed E-state index contributed by atoms with van der Waals surface area (Å²) >= 11 is 0. The highest BCUT2D eigenvalue weighted by Gasteiger charge is 1.85. The molecule has 0 atom stereocenters. The van der Waals surface area contributed by atoms with Gasteiger partial charge in [-0.3, -0.25) is 4.79 Å². The molecule has 0 fully saturated rings. The van der Waals surface area contributed by atoms with E-state index in [1.165, 1.54) is 0 Å². The van der Waals surface area contributed by atoms with Crippen molar-refractivity contribution in [2.45, 2.75) is 0 Å². The predicted octanol–water partition coefficient (Wildman–Crippen LogP) is 1.49. The van der Waals surface area contributed by atoms with Gasteiger partial charge in [-0.25, -0.2) is 4.79 Å². The van der Waals surface area contributed by atoms with Gasteiger partial charge in [0.05, 0.1) is 0 Å². The summed E-state index contributed by atoms with van der Waals surface area (Å²) in [5, 5.41) is 15.2. The lowest BCUT2D eigenvalue weighted by molar-refractivity contribution is -0.131. The van der Waals surface area contributed by atoms with Crippen molar-refractivity contribution in [3.63, 3.8) is 0 Å². The smallest absolute Gasteiger partial charge is 0.328 e. The number of benzene rings is 1. The van der Waals surface area contributed by atoms with Crippen molar-refractivity contribution in [1.29, 1.82) is 0 Å². The molecule has 0 saturated heterocycles. The summed E-state index contributed by atoms with van der Waals surface area (Å²) < 4.78 is 0. The molecule has 0 spiro atoms. The molecule has 0 saturated carbocycles. The average Bonchev–Trinajstić information content (AvgIpc) is 2.18. The molecule has 4 heteroatoms. The molecule has 1 aromatic rings. The summed E-state index contributed by atoms with van der Waals surface area (Å²) in [5.74, 6) is -0.922. The number of aliphatic carboxylic acids is 1. The van der Waals surface area contributed by atoms with Crippen LogP contribution < -0.4 is 0 Å². The van der Waals surface area contributed by atoms with E-state index in [1.807, 2.05) is 30.3 Å². The van der Waals surface area contributed by atoms with Crippen molar-refractivity contribution < 1.29 is 19.8 Å². The minimum Gasteiger partial charge on any atom is -0.483 e. The number of hydrogen-bond acceptors (Lipinski definition) is 2. The van der Waals surface area contributed by atoms with Crippen molar-refractivity contribution in [3.05, 3.63) is 42.0 Å². The molecule has 0 unspecified atom stereocenters. The lowest BCUT2D eigenvalue weighted by Gasteiger charge is -1.87. The maximum Gasteiger partial charge on any atom is 0.328 e. The molecule has 0 aliphatic heterocycles. The van der Waals surface area contributed by atoms with Gasteiger partial charge in [-0.1, -0.05) is 30.3 Å². The molecule has 0 aliphatic carbocycles. The Balaban J connectivity index is 0.000000500. The normalized spacial score (nSPS) is 8.86. The van der Waals surface area contributed by atoms with Crippen LogP contribution in [0.3, 0.4) is 0 Å². The second-order valence-electron chi connectivity index (χ2n) is 2.19. The summed E-state index contributed by atoms with van der Waals surface area (Å²) in [6, 6.07) is 9.31. The van der Waals surface area contributed by atoms with Gasteiger partial charge in [0.2, 0.25) is 0 Å². The van der Waals surface area contributed by atoms with E-state index in [0.717, 1.165) is 11.6 Å². The van der Waals surface area contributed by atoms with Crippen LogP contribution in [-0.4, -0.2) is 22.7 Å². The molecule has 4 nitrogen and oxygen atoms in total. The van der Waals surface area contributed by atoms with E-state index >= 15 is 0 Å². The van der Waals surface area contributed by atoms with Crippen molar-refractivity contribution in [3.8, 4) is 0 Å². The van der Waals surface area contributed by atoms with Gasteiger partial charge in [-0.05, 0) is 11.6 Å². The van der Waals surface area contributed by atoms with E-state index in [-0.39, 0.29) is 6.47 Å². The fourth-order valence-corrected chi connectivity index (χ4v) is 0.732. The first-order valence-electron chi connectivity index (χ1n) is 3.74. The second kappa shape index (κ2) is 7.54. The minimum absolute atomic E-state index is 0.250. The molecule has 14 heavy (non-hydrogen) atoms. The minimum atomic E-state index is -0.922. The molecule has 0 bridgehead atoms. The Morgan fingerprint density at radius 1 is 1.21 bits per heavy atom. The standard InChI is InChI=1S/C9H8O2.CH2O2/c10-9(11)7-6-8-4-2-1-3-5-8;2-1-3/h1-7H,(H,10,11);1H,(H,2,3). The summed E-state index contributed by atoms with van der Waals surface area (Å²) in [4.78, 5) is 18.4. The van der Waals surface area contributed by atoms with Gasteiger partial charge < -0.3 is 10.2 Å². The maximum atomic E-state index is 10.1. The first-order valence-corrected chi connectivity index (χ1v) is 3.74. The Bertz CT molecular complexity index is 303. The van der Waals surface area contributed by atoms with E-state index in [9.17, 15) is 4.79 Å². The molecular formula is C10H10O4. The molecule has 0 radical (unpaired) electrons. The average molecular weight is 194 g/mol. The number of carboxylic acids is 1. The lowest BCUT2D eigenvalue weighted by Crippen LogP contribution is -1.85. The highest BCUT2D eigenvalue weighted by molar-refractivity contribution is 5.85. The third-order valence-electron chi connectivity index (χ3n) is 1.22. The summed E-state index contributed by atoms with van der Waals surface area (Å²) in [5.41, 5.74) is 0.898. The van der Waals surface area contributed by atoms with Crippen molar-refractivity contribution in [2.24, 2.45) is 0 Å². The van der Waals surface area contributed by atoms with E-state index in [4.69, 9.17) is 15.0 Å². The van der Waals surface area contributed by atoms with E-state index in [1.54, 1.807) is 6.08 Å². The molecule has 0 aromatic heterocycles. The van der Waals surface area contributed by atoms with E-state index < -0.39 is 5.97 Å². The van der Waals surface area contributed by atoms with Gasteiger partial charge in [-0.2, -0.15) is 0 Å². The topological polar surface area (TPSA) is 74.6 Å². The van der Waals surface area contributed by atoms with Gasteiger partial charge in [0.25, 0.3) is 6.47 Å². The van der Waals surface area contributed by atoms with Crippen LogP contribution in [0.25, 0.3) is 6.08 Å². The Kier molecular flexibility index (Phi) is 6.41. The Morgan fingerprint density at radius 3 is 2.14 bits per heavy atom. The summed E-state index contributed by atoms with van der Waals surface area (Å²) in [6.45, 7) is -0.250. The number of carbonyl (C=O) groups is 2. The first-order chi connectivity index (χ1) is 6.70. The van der Waals surface area contributed by atoms with Crippen LogP contribution in [0, 0.1) is 0 Å². The molecule has 0 heterocycles. The van der Waals surface area contributed by atoms with Crippen LogP contribution in [-0.2, 0) is 9.59 Å². The quantitative estimate of drug-likeness (QED) is 0.552. The lowest BCUT2D eigenvalue weighted by atomic mass is 10.2. The monoisotopic (exact) mass is 194 g/mol. The SMILES string of the molecule is O=C(O)C=Cc1ccccc1.O=CO. The van der Waals surface area contributed by atoms with Crippen LogP contribution in [0.4, 0.5) is 0 Å². The molecule has 0 aliphatic rings. The predicted molar refractivity (Wildman–Crippen MR) is 51.8 cm³/mol. The van der Waals surface area contributed by atoms with E-state index in [0.29, 0.717) is 0 Å². The second-order valence-corrected chi connectivity index (χ2v) is 2.19. The van der Waals surface area contributed by atoms with Crippen molar-refractivity contribution in [1.82, 2.24) is 0 Å². The zero-order chi connectivity index (χ0) is 10.8. The van der Waals surface area contributed by atoms with Crippen LogP contribution in [0.2, 0.25) is 0 Å². The van der Waals surface area contributed by atoms with Crippen LogP contribution in [0.15, 0.2) is 36.4 Å². The van der Waals surface area contributed by atoms with Gasteiger partial charge >= 0.3 is 5.97 Å². The summed E-state index contributed by atoms with van der Waals surface area (Å²) in [7, 11) is 0. The maximum absolute atomic E-state index is 10.1. The molecule has 74 valence electrons. The van der Waals surface area contributed by atoms with Crippen LogP contribution in [0.5, 0.6) is 0 Å². The third kappa shape index (κ3) is 6.60. The largest absolute Gasteiger partial charge is 0.483 e. The Labute approximate surface area is 81.1 Å². The highest BCUT2D eigenvalue weighted by atomic mass is 16.4. The number of rotatable bonds is 2. The van der Waals surface area contributed by atoms with Gasteiger partial charge in [0, 0.05) is 6.08 Å². The molecule has 2 N–H and O–H groups in total. The fraction of sp³-hybridized carbons (Fsp3) is 0. The first kappa shape index (κ1) is 11.9. The zero-order valence-electron chi connectivity index (χ0n) is 7.33. The van der Waals surface area contributed by atoms with Gasteiger partial charge in [-0.15, -0.1) is 0 Å².